The molecule has 2 aliphatic heterocycles. The molecule has 0 radical (unpaired) electrons. The molecule has 0 bridgehead atoms. The van der Waals surface area contributed by atoms with E-state index in [-0.39, 0.29) is 0 Å². The van der Waals surface area contributed by atoms with Gasteiger partial charge in [0.25, 0.3) is 0 Å². The molecule has 2 atom stereocenters. The number of hydrogen-bond acceptors (Lipinski definition) is 6. The van der Waals surface area contributed by atoms with Crippen molar-refractivity contribution >= 4 is 16.8 Å². The number of aromatic nitrogens is 1. The molecule has 3 heterocycles. The number of benzene rings is 2. The first-order chi connectivity index (χ1) is 17.3. The van der Waals surface area contributed by atoms with Crippen molar-refractivity contribution in [1.82, 2.24) is 15.4 Å². The maximum Gasteiger partial charge on any atom is 0.180 e. The topological polar surface area (TPSA) is 53.8 Å². The zero-order valence-electron chi connectivity index (χ0n) is 20.7. The highest BCUT2D eigenvalue weighted by Crippen LogP contribution is 2.31. The lowest BCUT2D eigenvalue weighted by molar-refractivity contribution is 0.0726. The van der Waals surface area contributed by atoms with Crippen molar-refractivity contribution in [3.8, 4) is 5.75 Å². The quantitative estimate of drug-likeness (QED) is 0.506. The highest BCUT2D eigenvalue weighted by atomic mass is 16.5. The predicted octanol–water partition coefficient (Wildman–Crippen LogP) is 5.23. The Hall–Kier alpha value is -2.57. The van der Waals surface area contributed by atoms with Crippen LogP contribution >= 0.6 is 0 Å². The van der Waals surface area contributed by atoms with E-state index in [1.807, 2.05) is 12.1 Å². The molecule has 2 saturated heterocycles. The molecule has 1 N–H and O–H groups in total. The van der Waals surface area contributed by atoms with Gasteiger partial charge in [-0.3, -0.25) is 4.90 Å². The van der Waals surface area contributed by atoms with Crippen molar-refractivity contribution in [2.75, 3.05) is 37.7 Å². The molecular weight excluding hydrogens is 436 g/mol. The second-order valence-electron chi connectivity index (χ2n) is 10.7. The van der Waals surface area contributed by atoms with Crippen molar-refractivity contribution < 1.29 is 9.26 Å². The first kappa shape index (κ1) is 22.9. The van der Waals surface area contributed by atoms with E-state index in [2.05, 4.69) is 56.7 Å². The summed E-state index contributed by atoms with van der Waals surface area (Å²) >= 11 is 0. The smallest absolute Gasteiger partial charge is 0.180 e. The van der Waals surface area contributed by atoms with Gasteiger partial charge in [-0.25, -0.2) is 0 Å². The first-order valence-corrected chi connectivity index (χ1v) is 13.6. The van der Waals surface area contributed by atoms with Gasteiger partial charge in [0.15, 0.2) is 11.4 Å². The van der Waals surface area contributed by atoms with Crippen LogP contribution in [0.25, 0.3) is 11.0 Å². The van der Waals surface area contributed by atoms with Crippen LogP contribution in [0, 0.1) is 5.92 Å². The summed E-state index contributed by atoms with van der Waals surface area (Å²) in [4.78, 5) is 5.08. The van der Waals surface area contributed by atoms with Gasteiger partial charge in [0.2, 0.25) is 0 Å². The van der Waals surface area contributed by atoms with Crippen molar-refractivity contribution in [1.29, 1.82) is 0 Å². The lowest BCUT2D eigenvalue weighted by Crippen LogP contribution is -2.57. The molecule has 0 unspecified atom stereocenters. The van der Waals surface area contributed by atoms with Crippen LogP contribution in [0.5, 0.6) is 5.75 Å². The fraction of sp³-hybridized carbons (Fsp3) is 0.552. The van der Waals surface area contributed by atoms with Crippen LogP contribution in [0.2, 0.25) is 0 Å². The van der Waals surface area contributed by atoms with Crippen LogP contribution in [0.3, 0.4) is 0 Å². The first-order valence-electron chi connectivity index (χ1n) is 13.6. The lowest BCUT2D eigenvalue weighted by atomic mass is 9.91. The zero-order valence-corrected chi connectivity index (χ0v) is 20.7. The average Bonchev–Trinajstić information content (AvgIpc) is 3.35. The van der Waals surface area contributed by atoms with Crippen molar-refractivity contribution in [2.24, 2.45) is 5.92 Å². The summed E-state index contributed by atoms with van der Waals surface area (Å²) in [5.41, 5.74) is 2.20. The number of fused-ring (bicyclic) bond motifs is 2. The summed E-state index contributed by atoms with van der Waals surface area (Å²) in [6, 6.07) is 18.1. The van der Waals surface area contributed by atoms with Crippen LogP contribution in [-0.2, 0) is 6.54 Å². The van der Waals surface area contributed by atoms with Crippen LogP contribution in [0.4, 0.5) is 5.82 Å². The minimum absolute atomic E-state index is 0.588. The standard InChI is InChI=1S/C29H38N4O2/c1-2-8-24(9-3-1)30-18-22-7-6-10-26(17-22)34-21-23-13-14-25-20-33(16-15-32(25)19-23)29-27-11-4-5-12-28(27)35-31-29/h4-7,10-12,17,23-25,30H,1-3,8-9,13-16,18-21H2/t23-,25-/m0/s1. The molecule has 1 saturated carbocycles. The summed E-state index contributed by atoms with van der Waals surface area (Å²) < 4.78 is 11.9. The molecule has 186 valence electrons. The SMILES string of the molecule is c1cc(CNC2CCCCC2)cc(OC[C@H]2CC[C@H]3CN(c4noc5ccccc45)CCN3C2)c1. The Morgan fingerprint density at radius 2 is 1.86 bits per heavy atom. The molecule has 3 aromatic rings. The Morgan fingerprint density at radius 1 is 0.943 bits per heavy atom. The molecule has 35 heavy (non-hydrogen) atoms. The van der Waals surface area contributed by atoms with E-state index in [4.69, 9.17) is 9.26 Å². The molecular formula is C29H38N4O2. The predicted molar refractivity (Wildman–Crippen MR) is 140 cm³/mol. The third-order valence-electron chi connectivity index (χ3n) is 8.25. The van der Waals surface area contributed by atoms with Gasteiger partial charge in [0.1, 0.15) is 5.75 Å². The number of nitrogens with one attached hydrogen (secondary N) is 1. The molecule has 1 aliphatic carbocycles. The van der Waals surface area contributed by atoms with E-state index in [9.17, 15) is 0 Å². The summed E-state index contributed by atoms with van der Waals surface area (Å²) in [5.74, 6) is 2.61. The zero-order chi connectivity index (χ0) is 23.5. The number of piperazine rings is 1. The Morgan fingerprint density at radius 3 is 2.80 bits per heavy atom. The van der Waals surface area contributed by atoms with Gasteiger partial charge in [-0.05, 0) is 55.5 Å². The minimum Gasteiger partial charge on any atom is -0.493 e. The molecule has 3 fully saturated rings. The second-order valence-corrected chi connectivity index (χ2v) is 10.7. The number of anilines is 1. The molecule has 6 heteroatoms. The fourth-order valence-electron chi connectivity index (χ4n) is 6.22. The van der Waals surface area contributed by atoms with Gasteiger partial charge in [-0.2, -0.15) is 0 Å². The van der Waals surface area contributed by atoms with Crippen LogP contribution in [0.1, 0.15) is 50.5 Å². The van der Waals surface area contributed by atoms with Crippen LogP contribution in [0.15, 0.2) is 53.1 Å². The summed E-state index contributed by atoms with van der Waals surface area (Å²) in [7, 11) is 0. The van der Waals surface area contributed by atoms with Crippen LogP contribution < -0.4 is 15.0 Å². The van der Waals surface area contributed by atoms with Crippen LogP contribution in [-0.4, -0.2) is 54.9 Å². The average molecular weight is 475 g/mol. The van der Waals surface area contributed by atoms with Crippen molar-refractivity contribution in [2.45, 2.75) is 63.6 Å². The molecule has 0 spiro atoms. The summed E-state index contributed by atoms with van der Waals surface area (Å²) in [5, 5.41) is 9.26. The molecule has 6 rings (SSSR count). The summed E-state index contributed by atoms with van der Waals surface area (Å²) in [6.45, 7) is 5.97. The van der Waals surface area contributed by atoms with Gasteiger partial charge in [0.05, 0.1) is 12.0 Å². The highest BCUT2D eigenvalue weighted by Gasteiger charge is 2.34. The minimum atomic E-state index is 0.588. The van der Waals surface area contributed by atoms with E-state index in [0.717, 1.165) is 61.9 Å². The maximum absolute atomic E-state index is 6.30. The van der Waals surface area contributed by atoms with Crippen molar-refractivity contribution in [3.63, 3.8) is 0 Å². The van der Waals surface area contributed by atoms with E-state index >= 15 is 0 Å². The van der Waals surface area contributed by atoms with Gasteiger partial charge >= 0.3 is 0 Å². The molecule has 6 nitrogen and oxygen atoms in total. The third-order valence-corrected chi connectivity index (χ3v) is 8.25. The van der Waals surface area contributed by atoms with E-state index in [1.165, 1.54) is 50.5 Å². The molecule has 0 amide bonds. The second kappa shape index (κ2) is 10.6. The van der Waals surface area contributed by atoms with E-state index in [1.54, 1.807) is 0 Å². The molecule has 3 aliphatic rings. The number of para-hydroxylation sites is 1. The van der Waals surface area contributed by atoms with Gasteiger partial charge in [-0.1, -0.05) is 48.7 Å². The van der Waals surface area contributed by atoms with Gasteiger partial charge < -0.3 is 19.5 Å². The van der Waals surface area contributed by atoms with Gasteiger partial charge in [-0.15, -0.1) is 0 Å². The van der Waals surface area contributed by atoms with Gasteiger partial charge in [0, 0.05) is 50.7 Å². The molecule has 1 aromatic heterocycles. The maximum atomic E-state index is 6.30. The summed E-state index contributed by atoms with van der Waals surface area (Å²) in [6.07, 6.45) is 9.22. The largest absolute Gasteiger partial charge is 0.493 e. The monoisotopic (exact) mass is 474 g/mol. The number of rotatable bonds is 7. The Bertz CT molecular complexity index is 1110. The molecule has 2 aromatic carbocycles. The van der Waals surface area contributed by atoms with Crippen molar-refractivity contribution in [3.05, 3.63) is 54.1 Å². The Balaban J connectivity index is 0.988. The number of nitrogens with zero attached hydrogens (tertiary/aromatic N) is 3. The Labute approximate surface area is 208 Å². The van der Waals surface area contributed by atoms with E-state index < -0.39 is 0 Å². The lowest BCUT2D eigenvalue weighted by Gasteiger charge is -2.46. The highest BCUT2D eigenvalue weighted by molar-refractivity contribution is 5.88. The fourth-order valence-corrected chi connectivity index (χ4v) is 6.22. The number of hydrogen-bond donors (Lipinski definition) is 1. The third kappa shape index (κ3) is 5.34. The Kier molecular flexibility index (Phi) is 6.92. The number of piperidine rings is 1. The normalized spacial score (nSPS) is 23.9. The number of ether oxygens (including phenoxy) is 1. The van der Waals surface area contributed by atoms with E-state index in [0.29, 0.717) is 18.0 Å².